The molecule has 0 bridgehead atoms. The predicted molar refractivity (Wildman–Crippen MR) is 111 cm³/mol. The van der Waals surface area contributed by atoms with Gasteiger partial charge in [-0.15, -0.1) is 0 Å². The number of ether oxygens (including phenoxy) is 3. The molecule has 2 N–H and O–H groups in total. The molecule has 1 aliphatic carbocycles. The molecule has 164 valence electrons. The third-order valence-corrected chi connectivity index (χ3v) is 7.03. The van der Waals surface area contributed by atoms with Gasteiger partial charge in [0.15, 0.2) is 0 Å². The third kappa shape index (κ3) is 5.47. The number of rotatable bonds is 13. The lowest BCUT2D eigenvalue weighted by atomic mass is 9.86. The van der Waals surface area contributed by atoms with Crippen LogP contribution in [-0.4, -0.2) is 62.2 Å². The van der Waals surface area contributed by atoms with Crippen molar-refractivity contribution < 1.29 is 19.0 Å². The highest BCUT2D eigenvalue weighted by atomic mass is 16.5. The van der Waals surface area contributed by atoms with Crippen molar-refractivity contribution in [3.8, 4) is 0 Å². The summed E-state index contributed by atoms with van der Waals surface area (Å²) in [7, 11) is 1.74. The minimum atomic E-state index is -0.0270. The lowest BCUT2D eigenvalue weighted by Crippen LogP contribution is -2.50. The molecule has 0 aromatic heterocycles. The van der Waals surface area contributed by atoms with E-state index in [-0.39, 0.29) is 36.8 Å². The maximum atomic E-state index is 13.4. The van der Waals surface area contributed by atoms with Gasteiger partial charge in [-0.25, -0.2) is 0 Å². The molecule has 28 heavy (non-hydrogen) atoms. The number of hydrogen-bond acceptors (Lipinski definition) is 5. The first-order valence-corrected chi connectivity index (χ1v) is 11.1. The summed E-state index contributed by atoms with van der Waals surface area (Å²) >= 11 is 0. The quantitative estimate of drug-likeness (QED) is 0.483. The lowest BCUT2D eigenvalue weighted by molar-refractivity contribution is -0.142. The number of carbonyl (C=O) groups is 1. The summed E-state index contributed by atoms with van der Waals surface area (Å²) < 4.78 is 17.3. The number of methoxy groups -OCH3 is 1. The first-order valence-electron chi connectivity index (χ1n) is 11.1. The molecule has 0 spiro atoms. The van der Waals surface area contributed by atoms with Crippen molar-refractivity contribution >= 4 is 5.91 Å². The summed E-state index contributed by atoms with van der Waals surface area (Å²) in [5, 5.41) is 0. The van der Waals surface area contributed by atoms with Crippen molar-refractivity contribution in [2.24, 2.45) is 29.4 Å². The number of nitrogens with two attached hydrogens (primary N) is 1. The van der Waals surface area contributed by atoms with Gasteiger partial charge < -0.3 is 24.8 Å². The van der Waals surface area contributed by atoms with Crippen LogP contribution in [0.3, 0.4) is 0 Å². The fourth-order valence-electron chi connectivity index (χ4n) is 4.90. The fraction of sp³-hybridized carbons (Fsp3) is 0.955. The van der Waals surface area contributed by atoms with Gasteiger partial charge in [0.1, 0.15) is 0 Å². The maximum Gasteiger partial charge on any atom is 0.225 e. The molecule has 0 radical (unpaired) electrons. The van der Waals surface area contributed by atoms with E-state index in [4.69, 9.17) is 19.9 Å². The number of nitrogens with zero attached hydrogens (tertiary/aromatic N) is 1. The van der Waals surface area contributed by atoms with Crippen LogP contribution in [0.5, 0.6) is 0 Å². The molecular formula is C22H42N2O4. The van der Waals surface area contributed by atoms with Gasteiger partial charge in [0.25, 0.3) is 0 Å². The molecule has 1 aliphatic heterocycles. The van der Waals surface area contributed by atoms with E-state index in [0.29, 0.717) is 43.4 Å². The fourth-order valence-corrected chi connectivity index (χ4v) is 4.90. The van der Waals surface area contributed by atoms with E-state index in [1.165, 1.54) is 0 Å². The number of hydrogen-bond donors (Lipinski definition) is 1. The van der Waals surface area contributed by atoms with Crippen molar-refractivity contribution in [1.29, 1.82) is 0 Å². The molecule has 8 atom stereocenters. The van der Waals surface area contributed by atoms with Crippen molar-refractivity contribution in [2.45, 2.75) is 84.6 Å². The molecule has 1 saturated heterocycles. The average molecular weight is 399 g/mol. The largest absolute Gasteiger partial charge is 0.379 e. The summed E-state index contributed by atoms with van der Waals surface area (Å²) in [4.78, 5) is 15.5. The molecule has 2 unspecified atom stereocenters. The van der Waals surface area contributed by atoms with Gasteiger partial charge in [0, 0.05) is 25.7 Å². The Morgan fingerprint density at radius 3 is 2.46 bits per heavy atom. The zero-order valence-electron chi connectivity index (χ0n) is 18.7. The van der Waals surface area contributed by atoms with Gasteiger partial charge in [0.05, 0.1) is 38.0 Å². The normalized spacial score (nSPS) is 29.1. The Bertz CT molecular complexity index is 489. The van der Waals surface area contributed by atoms with E-state index in [0.717, 1.165) is 19.3 Å². The minimum Gasteiger partial charge on any atom is -0.379 e. The average Bonchev–Trinajstić information content (AvgIpc) is 3.35. The second kappa shape index (κ2) is 10.9. The van der Waals surface area contributed by atoms with Crippen LogP contribution >= 0.6 is 0 Å². The first-order chi connectivity index (χ1) is 13.4. The summed E-state index contributed by atoms with van der Waals surface area (Å²) in [6.07, 6.45) is 3.67. The summed E-state index contributed by atoms with van der Waals surface area (Å²) in [6.45, 7) is 12.2. The Kier molecular flexibility index (Phi) is 9.19. The number of piperidine rings is 1. The number of likely N-dealkylation sites (tertiary alicyclic amines) is 1. The first kappa shape index (κ1) is 23.6. The molecule has 6 heteroatoms. The van der Waals surface area contributed by atoms with Crippen LogP contribution in [0.2, 0.25) is 0 Å². The Morgan fingerprint density at radius 2 is 1.89 bits per heavy atom. The van der Waals surface area contributed by atoms with Gasteiger partial charge in [-0.05, 0) is 37.5 Å². The van der Waals surface area contributed by atoms with Crippen molar-refractivity contribution in [2.75, 3.05) is 27.1 Å². The van der Waals surface area contributed by atoms with Gasteiger partial charge in [-0.1, -0.05) is 34.1 Å². The summed E-state index contributed by atoms with van der Waals surface area (Å²) in [6, 6.07) is 0.512. The predicted octanol–water partition coefficient (Wildman–Crippen LogP) is 3.04. The van der Waals surface area contributed by atoms with E-state index < -0.39 is 0 Å². The van der Waals surface area contributed by atoms with Gasteiger partial charge >= 0.3 is 0 Å². The molecule has 1 heterocycles. The maximum absolute atomic E-state index is 13.4. The molecule has 1 amide bonds. The van der Waals surface area contributed by atoms with Crippen LogP contribution in [0, 0.1) is 23.7 Å². The molecular weight excluding hydrogens is 356 g/mol. The van der Waals surface area contributed by atoms with Crippen LogP contribution in [0.15, 0.2) is 0 Å². The highest BCUT2D eigenvalue weighted by Gasteiger charge is 2.56. The number of amides is 1. The molecule has 2 fully saturated rings. The monoisotopic (exact) mass is 398 g/mol. The Labute approximate surface area is 171 Å². The Hall–Kier alpha value is -0.690. The topological polar surface area (TPSA) is 74.0 Å². The molecule has 0 aromatic rings. The van der Waals surface area contributed by atoms with Crippen LogP contribution in [0.1, 0.15) is 60.3 Å². The SMILES string of the molecule is CCO[C@H](CC(=O)N1C2CC2C[C@H]1[C@H](OC)[C@@H](C)COCN)[C@@H](C)[C@@H](C)CC. The smallest absolute Gasteiger partial charge is 0.225 e. The third-order valence-electron chi connectivity index (χ3n) is 7.03. The summed E-state index contributed by atoms with van der Waals surface area (Å²) in [5.74, 6) is 1.94. The Morgan fingerprint density at radius 1 is 1.18 bits per heavy atom. The van der Waals surface area contributed by atoms with Crippen LogP contribution in [0.4, 0.5) is 0 Å². The molecule has 6 nitrogen and oxygen atoms in total. The molecule has 0 aromatic carbocycles. The van der Waals surface area contributed by atoms with Crippen LogP contribution in [0.25, 0.3) is 0 Å². The van der Waals surface area contributed by atoms with E-state index in [1.54, 1.807) is 7.11 Å². The number of carbonyl (C=O) groups excluding carboxylic acids is 1. The second-order valence-electron chi connectivity index (χ2n) is 8.82. The molecule has 2 aliphatic rings. The van der Waals surface area contributed by atoms with Gasteiger partial charge in [-0.3, -0.25) is 4.79 Å². The van der Waals surface area contributed by atoms with Crippen LogP contribution < -0.4 is 5.73 Å². The molecule has 2 rings (SSSR count). The highest BCUT2D eigenvalue weighted by molar-refractivity contribution is 5.78. The molecule has 1 saturated carbocycles. The summed E-state index contributed by atoms with van der Waals surface area (Å²) in [5.41, 5.74) is 5.48. The Balaban J connectivity index is 2.08. The zero-order chi connectivity index (χ0) is 20.8. The van der Waals surface area contributed by atoms with E-state index >= 15 is 0 Å². The van der Waals surface area contributed by atoms with Crippen molar-refractivity contribution in [3.05, 3.63) is 0 Å². The van der Waals surface area contributed by atoms with E-state index in [1.807, 2.05) is 6.92 Å². The minimum absolute atomic E-state index is 0.0232. The van der Waals surface area contributed by atoms with E-state index in [2.05, 4.69) is 32.6 Å². The standard InChI is InChI=1S/C22H42N2O4/c1-7-14(3)16(5)20(28-8-2)11-21(25)24-18-9-17(18)10-19(24)22(26-6)15(4)12-27-13-23/h14-20,22H,7-13,23H2,1-6H3/t14-,15-,16-,17?,18?,19-,20+,22+/m0/s1. The van der Waals surface area contributed by atoms with Gasteiger partial charge in [0.2, 0.25) is 5.91 Å². The number of fused-ring (bicyclic) bond motifs is 1. The van der Waals surface area contributed by atoms with Gasteiger partial charge in [-0.2, -0.15) is 0 Å². The second-order valence-corrected chi connectivity index (χ2v) is 8.82. The van der Waals surface area contributed by atoms with E-state index in [9.17, 15) is 4.79 Å². The van der Waals surface area contributed by atoms with Crippen molar-refractivity contribution in [1.82, 2.24) is 4.90 Å². The highest BCUT2D eigenvalue weighted by Crippen LogP contribution is 2.50. The van der Waals surface area contributed by atoms with Crippen molar-refractivity contribution in [3.63, 3.8) is 0 Å². The van der Waals surface area contributed by atoms with Crippen LogP contribution in [-0.2, 0) is 19.0 Å². The zero-order valence-corrected chi connectivity index (χ0v) is 18.7. The lowest BCUT2D eigenvalue weighted by Gasteiger charge is -2.37.